The second kappa shape index (κ2) is 9.54. The number of primary amides is 1. The lowest BCUT2D eigenvalue weighted by atomic mass is 9.89. The lowest BCUT2D eigenvalue weighted by Crippen LogP contribution is -2.34. The van der Waals surface area contributed by atoms with E-state index in [0.29, 0.717) is 31.4 Å². The molecule has 3 atom stereocenters. The summed E-state index contributed by atoms with van der Waals surface area (Å²) in [4.78, 5) is 23.3. The fourth-order valence-corrected chi connectivity index (χ4v) is 7.56. The Bertz CT molecular complexity index is 1330. The monoisotopic (exact) mass is 528 g/mol. The molecule has 2 aliphatic rings. The number of anilines is 1. The minimum Gasteiger partial charge on any atom is -0.445 e. The Morgan fingerprint density at radius 3 is 2.43 bits per heavy atom. The number of carbonyl (C=O) groups excluding carboxylic acids is 2. The summed E-state index contributed by atoms with van der Waals surface area (Å²) in [5.74, 6) is -6.07. The number of sulfone groups is 1. The van der Waals surface area contributed by atoms with E-state index in [-0.39, 0.29) is 39.6 Å². The maximum Gasteiger partial charge on any atom is 0.404 e. The van der Waals surface area contributed by atoms with E-state index in [4.69, 9.17) is 22.1 Å². The molecule has 0 saturated heterocycles. The van der Waals surface area contributed by atoms with E-state index in [1.54, 1.807) is 6.08 Å². The van der Waals surface area contributed by atoms with Crippen molar-refractivity contribution in [3.05, 3.63) is 70.0 Å². The van der Waals surface area contributed by atoms with Crippen LogP contribution in [0.1, 0.15) is 29.6 Å². The van der Waals surface area contributed by atoms with Crippen LogP contribution in [0, 0.1) is 29.3 Å². The Balaban J connectivity index is 1.60. The van der Waals surface area contributed by atoms with E-state index in [9.17, 15) is 31.2 Å². The van der Waals surface area contributed by atoms with Gasteiger partial charge in [0.05, 0.1) is 15.2 Å². The number of fused-ring (bicyclic) bond motifs is 2. The van der Waals surface area contributed by atoms with Gasteiger partial charge in [0.2, 0.25) is 0 Å². The summed E-state index contributed by atoms with van der Waals surface area (Å²) in [6.45, 7) is -0.00388. The first-order chi connectivity index (χ1) is 16.5. The molecule has 0 aliphatic heterocycles. The van der Waals surface area contributed by atoms with Crippen molar-refractivity contribution in [1.82, 2.24) is 0 Å². The van der Waals surface area contributed by atoms with Crippen molar-refractivity contribution in [3.63, 3.8) is 0 Å². The molecular weight excluding hydrogens is 509 g/mol. The molecular formula is C23H20ClF3N2O5S. The fraction of sp³-hybridized carbons (Fsp3) is 0.304. The third kappa shape index (κ3) is 5.01. The molecule has 2 aromatic carbocycles. The normalized spacial score (nSPS) is 21.4. The first-order valence-electron chi connectivity index (χ1n) is 10.6. The van der Waals surface area contributed by atoms with Gasteiger partial charge in [-0.15, -0.1) is 0 Å². The molecule has 2 aliphatic carbocycles. The Hall–Kier alpha value is -3.05. The van der Waals surface area contributed by atoms with E-state index in [2.05, 4.69) is 5.32 Å². The highest BCUT2D eigenvalue weighted by molar-refractivity contribution is 7.92. The highest BCUT2D eigenvalue weighted by atomic mass is 35.5. The predicted octanol–water partition coefficient (Wildman–Crippen LogP) is 4.60. The molecule has 12 heteroatoms. The number of nitrogens with two attached hydrogens (primary N) is 1. The molecule has 0 aromatic heterocycles. The van der Waals surface area contributed by atoms with Crippen molar-refractivity contribution in [2.75, 3.05) is 11.9 Å². The van der Waals surface area contributed by atoms with E-state index in [0.717, 1.165) is 11.6 Å². The van der Waals surface area contributed by atoms with Crippen LogP contribution in [0.4, 0.5) is 23.7 Å². The average Bonchev–Trinajstić information content (AvgIpc) is 3.07. The second-order valence-corrected chi connectivity index (χ2v) is 11.0. The summed E-state index contributed by atoms with van der Waals surface area (Å²) in [5, 5.41) is 1.36. The number of ether oxygens (including phenoxy) is 1. The highest BCUT2D eigenvalue weighted by Crippen LogP contribution is 2.47. The van der Waals surface area contributed by atoms with Gasteiger partial charge in [-0.2, -0.15) is 0 Å². The Morgan fingerprint density at radius 2 is 1.80 bits per heavy atom. The van der Waals surface area contributed by atoms with Crippen molar-refractivity contribution in [2.45, 2.75) is 29.4 Å². The second-order valence-electron chi connectivity index (χ2n) is 8.50. The number of hydrogen-bond acceptors (Lipinski definition) is 5. The molecule has 7 nitrogen and oxygen atoms in total. The van der Waals surface area contributed by atoms with Crippen molar-refractivity contribution in [1.29, 1.82) is 0 Å². The van der Waals surface area contributed by atoms with Crippen LogP contribution in [-0.4, -0.2) is 32.3 Å². The van der Waals surface area contributed by atoms with Gasteiger partial charge >= 0.3 is 6.09 Å². The quantitative estimate of drug-likeness (QED) is 0.420. The van der Waals surface area contributed by atoms with Gasteiger partial charge in [0.1, 0.15) is 6.61 Å². The number of nitrogens with one attached hydrogen (secondary N) is 1. The molecule has 1 saturated carbocycles. The van der Waals surface area contributed by atoms with Crippen LogP contribution in [-0.2, 0) is 14.6 Å². The molecule has 2 unspecified atom stereocenters. The minimum atomic E-state index is -3.99. The van der Waals surface area contributed by atoms with Crippen molar-refractivity contribution < 1.29 is 35.9 Å². The van der Waals surface area contributed by atoms with E-state index >= 15 is 0 Å². The Kier molecular flexibility index (Phi) is 6.83. The van der Waals surface area contributed by atoms with Gasteiger partial charge in [-0.3, -0.25) is 4.79 Å². The number of rotatable bonds is 6. The van der Waals surface area contributed by atoms with Gasteiger partial charge in [0, 0.05) is 23.4 Å². The van der Waals surface area contributed by atoms with E-state index in [1.165, 1.54) is 12.1 Å². The third-order valence-corrected chi connectivity index (χ3v) is 9.07. The zero-order valence-electron chi connectivity index (χ0n) is 18.1. The smallest absolute Gasteiger partial charge is 0.404 e. The summed E-state index contributed by atoms with van der Waals surface area (Å²) in [7, 11) is -3.99. The molecule has 1 fully saturated rings. The third-order valence-electron chi connectivity index (χ3n) is 6.23. The fourth-order valence-electron chi connectivity index (χ4n) is 4.78. The number of hydrogen-bond donors (Lipinski definition) is 2. The average molecular weight is 529 g/mol. The number of carbonyl (C=O) groups is 2. The van der Waals surface area contributed by atoms with Gasteiger partial charge in [0.25, 0.3) is 5.91 Å². The molecule has 0 spiro atoms. The number of allylic oxidation sites excluding steroid dienone is 1. The van der Waals surface area contributed by atoms with Crippen LogP contribution < -0.4 is 11.1 Å². The molecule has 3 N–H and O–H groups in total. The first kappa shape index (κ1) is 25.1. The SMILES string of the molecule is NC(=O)OCC1=C[C@@H]2CCC(C1)C2S(=O)(=O)c1cc(C(=O)Nc2cc(F)c(F)c(F)c2)ccc1Cl. The van der Waals surface area contributed by atoms with Crippen molar-refractivity contribution in [3.8, 4) is 0 Å². The molecule has 2 aromatic rings. The van der Waals surface area contributed by atoms with Crippen LogP contribution >= 0.6 is 11.6 Å². The van der Waals surface area contributed by atoms with E-state index in [1.807, 2.05) is 0 Å². The van der Waals surface area contributed by atoms with Crippen LogP contribution in [0.25, 0.3) is 0 Å². The highest BCUT2D eigenvalue weighted by Gasteiger charge is 2.47. The molecule has 2 bridgehead atoms. The summed E-state index contributed by atoms with van der Waals surface area (Å²) in [6, 6.07) is 4.84. The van der Waals surface area contributed by atoms with Crippen LogP contribution in [0.15, 0.2) is 46.9 Å². The van der Waals surface area contributed by atoms with Crippen LogP contribution in [0.2, 0.25) is 5.02 Å². The standard InChI is InChI=1S/C23H20ClF3N2O5S/c24-16-4-3-14(22(30)29-15-8-17(25)20(27)18(26)9-15)7-19(16)35(32,33)21-12-1-2-13(21)6-11(5-12)10-34-23(28)31/h3-5,7-9,12-13,21H,1-2,6,10H2,(H2,28,31)(H,29,30)/t12-,13?,21?/m0/s1. The minimum absolute atomic E-state index is 0.00388. The number of benzene rings is 2. The lowest BCUT2D eigenvalue weighted by Gasteiger charge is -2.29. The zero-order chi connectivity index (χ0) is 25.5. The number of amides is 2. The molecule has 0 radical (unpaired) electrons. The zero-order valence-corrected chi connectivity index (χ0v) is 19.6. The Morgan fingerprint density at radius 1 is 1.11 bits per heavy atom. The van der Waals surface area contributed by atoms with Crippen molar-refractivity contribution in [2.24, 2.45) is 17.6 Å². The molecule has 0 heterocycles. The van der Waals surface area contributed by atoms with Crippen LogP contribution in [0.3, 0.4) is 0 Å². The lowest BCUT2D eigenvalue weighted by molar-refractivity contribution is 0.102. The molecule has 2 amide bonds. The summed E-state index contributed by atoms with van der Waals surface area (Å²) < 4.78 is 72.2. The summed E-state index contributed by atoms with van der Waals surface area (Å²) in [5.41, 5.74) is 5.34. The van der Waals surface area contributed by atoms with Gasteiger partial charge < -0.3 is 15.8 Å². The topological polar surface area (TPSA) is 116 Å². The molecule has 35 heavy (non-hydrogen) atoms. The maximum absolute atomic E-state index is 13.6. The maximum atomic E-state index is 13.6. The predicted molar refractivity (Wildman–Crippen MR) is 121 cm³/mol. The van der Waals surface area contributed by atoms with E-state index < -0.39 is 44.5 Å². The van der Waals surface area contributed by atoms with Gasteiger partial charge in [-0.05, 0) is 54.9 Å². The molecule has 4 rings (SSSR count). The van der Waals surface area contributed by atoms with Gasteiger partial charge in [-0.1, -0.05) is 17.7 Å². The van der Waals surface area contributed by atoms with Gasteiger partial charge in [0.15, 0.2) is 27.3 Å². The Labute approximate surface area is 204 Å². The van der Waals surface area contributed by atoms with Crippen LogP contribution in [0.5, 0.6) is 0 Å². The van der Waals surface area contributed by atoms with Crippen molar-refractivity contribution >= 4 is 39.1 Å². The molecule has 186 valence electrons. The summed E-state index contributed by atoms with van der Waals surface area (Å²) in [6.07, 6.45) is 2.55. The first-order valence-corrected chi connectivity index (χ1v) is 12.5. The van der Waals surface area contributed by atoms with Gasteiger partial charge in [-0.25, -0.2) is 26.4 Å². The largest absolute Gasteiger partial charge is 0.445 e. The number of halogens is 4. The summed E-state index contributed by atoms with van der Waals surface area (Å²) >= 11 is 6.21.